The van der Waals surface area contributed by atoms with Gasteiger partial charge in [-0.25, -0.2) is 8.42 Å². The summed E-state index contributed by atoms with van der Waals surface area (Å²) in [4.78, 5) is 11.4. The molecule has 0 aromatic heterocycles. The van der Waals surface area contributed by atoms with Gasteiger partial charge in [0.2, 0.25) is 5.91 Å². The number of nitrogens with one attached hydrogen (secondary N) is 2. The van der Waals surface area contributed by atoms with Crippen LogP contribution in [-0.4, -0.2) is 37.7 Å². The van der Waals surface area contributed by atoms with Crippen molar-refractivity contribution in [2.24, 2.45) is 0 Å². The van der Waals surface area contributed by atoms with E-state index in [1.54, 1.807) is 0 Å². The highest BCUT2D eigenvalue weighted by Gasteiger charge is 2.37. The Morgan fingerprint density at radius 1 is 1.07 bits per heavy atom. The van der Waals surface area contributed by atoms with E-state index >= 15 is 0 Å². The molecule has 2 N–H and O–H groups in total. The molecule has 0 aliphatic carbocycles. The Morgan fingerprint density at radius 2 is 1.67 bits per heavy atom. The lowest BCUT2D eigenvalue weighted by atomic mass is 10.1. The van der Waals surface area contributed by atoms with Gasteiger partial charge in [0, 0.05) is 5.54 Å². The van der Waals surface area contributed by atoms with Gasteiger partial charge in [-0.05, 0) is 65.8 Å². The van der Waals surface area contributed by atoms with Crippen molar-refractivity contribution in [1.29, 1.82) is 0 Å². The molecule has 0 aliphatic heterocycles. The predicted molar refractivity (Wildman–Crippen MR) is 98.1 cm³/mol. The third kappa shape index (κ3) is 6.80. The fourth-order valence-electron chi connectivity index (χ4n) is 2.35. The van der Waals surface area contributed by atoms with E-state index in [2.05, 4.69) is 10.6 Å². The molecule has 5 nitrogen and oxygen atoms in total. The van der Waals surface area contributed by atoms with Crippen molar-refractivity contribution in [3.63, 3.8) is 0 Å². The second-order valence-electron chi connectivity index (χ2n) is 8.01. The Morgan fingerprint density at radius 3 is 2.19 bits per heavy atom. The molecule has 0 saturated carbocycles. The third-order valence-electron chi connectivity index (χ3n) is 3.90. The zero-order chi connectivity index (χ0) is 21.1. The van der Waals surface area contributed by atoms with Crippen LogP contribution in [-0.2, 0) is 20.8 Å². The number of hydrogen-bond donors (Lipinski definition) is 2. The lowest BCUT2D eigenvalue weighted by molar-refractivity contribution is -0.137. The third-order valence-corrected chi connectivity index (χ3v) is 6.44. The minimum Gasteiger partial charge on any atom is -0.350 e. The molecular weight excluding hydrogens is 381 g/mol. The maximum absolute atomic E-state index is 12.9. The lowest BCUT2D eigenvalue weighted by Crippen LogP contribution is -2.45. The average molecular weight is 408 g/mol. The second-order valence-corrected chi connectivity index (χ2v) is 10.6. The van der Waals surface area contributed by atoms with Crippen molar-refractivity contribution in [3.8, 4) is 0 Å². The summed E-state index contributed by atoms with van der Waals surface area (Å²) in [7, 11) is -3.99. The molecule has 0 heterocycles. The fourth-order valence-corrected chi connectivity index (χ4v) is 3.90. The van der Waals surface area contributed by atoms with Gasteiger partial charge in [-0.3, -0.25) is 4.79 Å². The monoisotopic (exact) mass is 408 g/mol. The first-order valence-electron chi connectivity index (χ1n) is 8.50. The van der Waals surface area contributed by atoms with Crippen LogP contribution in [0.4, 0.5) is 13.2 Å². The lowest BCUT2D eigenvalue weighted by Gasteiger charge is -2.26. The SMILES string of the molecule is CC(C)(C)NC(=O)CNCCC(C)(C)S(=O)(=O)c1cccc(C(F)(F)F)c1. The first-order chi connectivity index (χ1) is 12.1. The molecule has 0 fully saturated rings. The van der Waals surface area contributed by atoms with Gasteiger partial charge in [0.05, 0.1) is 21.8 Å². The maximum atomic E-state index is 12.9. The zero-order valence-corrected chi connectivity index (χ0v) is 17.0. The molecule has 1 rings (SSSR count). The molecule has 0 radical (unpaired) electrons. The van der Waals surface area contributed by atoms with Crippen LogP contribution >= 0.6 is 0 Å². The predicted octanol–water partition coefficient (Wildman–Crippen LogP) is 3.15. The standard InChI is InChI=1S/C18H27F3N2O3S/c1-16(2,3)23-15(24)12-22-10-9-17(4,5)27(25,26)14-8-6-7-13(11-14)18(19,20)21/h6-8,11,22H,9-10,12H2,1-5H3,(H,23,24). The van der Waals surface area contributed by atoms with Crippen LogP contribution in [0.5, 0.6) is 0 Å². The van der Waals surface area contributed by atoms with E-state index in [1.807, 2.05) is 20.8 Å². The smallest absolute Gasteiger partial charge is 0.350 e. The van der Waals surface area contributed by atoms with E-state index in [-0.39, 0.29) is 35.9 Å². The van der Waals surface area contributed by atoms with Crippen LogP contribution in [0.25, 0.3) is 0 Å². The highest BCUT2D eigenvalue weighted by atomic mass is 32.2. The number of amides is 1. The molecule has 154 valence electrons. The minimum atomic E-state index is -4.61. The van der Waals surface area contributed by atoms with E-state index < -0.39 is 26.3 Å². The number of hydrogen-bond acceptors (Lipinski definition) is 4. The molecule has 0 aliphatic rings. The summed E-state index contributed by atoms with van der Waals surface area (Å²) in [6.45, 7) is 8.69. The summed E-state index contributed by atoms with van der Waals surface area (Å²) in [6.07, 6.45) is -4.48. The van der Waals surface area contributed by atoms with E-state index in [9.17, 15) is 26.4 Å². The number of benzene rings is 1. The van der Waals surface area contributed by atoms with Crippen LogP contribution in [0.1, 0.15) is 46.6 Å². The van der Waals surface area contributed by atoms with Gasteiger partial charge in [0.25, 0.3) is 0 Å². The number of rotatable bonds is 7. The zero-order valence-electron chi connectivity index (χ0n) is 16.2. The number of halogens is 3. The summed E-state index contributed by atoms with van der Waals surface area (Å²) >= 11 is 0. The largest absolute Gasteiger partial charge is 0.416 e. The molecule has 0 spiro atoms. The van der Waals surface area contributed by atoms with Crippen LogP contribution in [0.15, 0.2) is 29.2 Å². The van der Waals surface area contributed by atoms with E-state index in [4.69, 9.17) is 0 Å². The first-order valence-corrected chi connectivity index (χ1v) is 9.98. The van der Waals surface area contributed by atoms with Gasteiger partial charge in [0.1, 0.15) is 0 Å². The number of alkyl halides is 3. The Labute approximate surface area is 158 Å². The van der Waals surface area contributed by atoms with Gasteiger partial charge >= 0.3 is 6.18 Å². The van der Waals surface area contributed by atoms with Crippen molar-refractivity contribution >= 4 is 15.7 Å². The Bertz CT molecular complexity index is 767. The summed E-state index contributed by atoms with van der Waals surface area (Å²) in [5.74, 6) is -0.221. The minimum absolute atomic E-state index is 0.0248. The second kappa shape index (κ2) is 8.18. The number of carbonyl (C=O) groups excluding carboxylic acids is 1. The van der Waals surface area contributed by atoms with Crippen LogP contribution in [0.2, 0.25) is 0 Å². The molecule has 0 saturated heterocycles. The summed E-state index contributed by atoms with van der Waals surface area (Å²) in [5, 5.41) is 5.63. The molecule has 0 atom stereocenters. The molecule has 1 amide bonds. The molecule has 27 heavy (non-hydrogen) atoms. The van der Waals surface area contributed by atoms with Gasteiger partial charge in [-0.2, -0.15) is 13.2 Å². The number of carbonyl (C=O) groups is 1. The van der Waals surface area contributed by atoms with Crippen LogP contribution < -0.4 is 10.6 Å². The van der Waals surface area contributed by atoms with E-state index in [0.717, 1.165) is 18.2 Å². The van der Waals surface area contributed by atoms with E-state index in [1.165, 1.54) is 13.8 Å². The summed E-state index contributed by atoms with van der Waals surface area (Å²) < 4.78 is 62.8. The highest BCUT2D eigenvalue weighted by molar-refractivity contribution is 7.92. The average Bonchev–Trinajstić information content (AvgIpc) is 2.49. The molecule has 0 bridgehead atoms. The van der Waals surface area contributed by atoms with Gasteiger partial charge < -0.3 is 10.6 Å². The van der Waals surface area contributed by atoms with Crippen molar-refractivity contribution < 1.29 is 26.4 Å². The Hall–Kier alpha value is -1.61. The molecule has 1 aromatic carbocycles. The Kier molecular flexibility index (Phi) is 7.10. The topological polar surface area (TPSA) is 75.3 Å². The first kappa shape index (κ1) is 23.4. The quantitative estimate of drug-likeness (QED) is 0.680. The van der Waals surface area contributed by atoms with Crippen molar-refractivity contribution in [2.75, 3.05) is 13.1 Å². The summed E-state index contributed by atoms with van der Waals surface area (Å²) in [5.41, 5.74) is -1.37. The van der Waals surface area contributed by atoms with Crippen molar-refractivity contribution in [2.45, 2.75) is 62.4 Å². The van der Waals surface area contributed by atoms with Crippen molar-refractivity contribution in [1.82, 2.24) is 10.6 Å². The normalized spacial score (nSPS) is 13.5. The van der Waals surface area contributed by atoms with Crippen LogP contribution in [0.3, 0.4) is 0 Å². The van der Waals surface area contributed by atoms with Gasteiger partial charge in [-0.1, -0.05) is 6.07 Å². The van der Waals surface area contributed by atoms with Gasteiger partial charge in [0.15, 0.2) is 9.84 Å². The molecular formula is C18H27F3N2O3S. The van der Waals surface area contributed by atoms with Crippen LogP contribution in [0, 0.1) is 0 Å². The molecule has 1 aromatic rings. The summed E-state index contributed by atoms with van der Waals surface area (Å²) in [6, 6.07) is 3.74. The fraction of sp³-hybridized carbons (Fsp3) is 0.611. The van der Waals surface area contributed by atoms with E-state index in [0.29, 0.717) is 6.07 Å². The Balaban J connectivity index is 2.78. The molecule has 0 unspecified atom stereocenters. The van der Waals surface area contributed by atoms with Crippen molar-refractivity contribution in [3.05, 3.63) is 29.8 Å². The maximum Gasteiger partial charge on any atom is 0.416 e. The van der Waals surface area contributed by atoms with Gasteiger partial charge in [-0.15, -0.1) is 0 Å². The molecule has 9 heteroatoms. The number of sulfone groups is 1. The highest BCUT2D eigenvalue weighted by Crippen LogP contribution is 2.33.